The number of halogens is 3. The molecule has 0 radical (unpaired) electrons. The Morgan fingerprint density at radius 3 is 2.50 bits per heavy atom. The van der Waals surface area contributed by atoms with E-state index in [1.165, 1.54) is 0 Å². The highest BCUT2D eigenvalue weighted by Gasteiger charge is 2.41. The molecule has 0 bridgehead atoms. The van der Waals surface area contributed by atoms with Crippen molar-refractivity contribution in [3.63, 3.8) is 0 Å². The molecule has 2 fully saturated rings. The second kappa shape index (κ2) is 7.29. The van der Waals surface area contributed by atoms with Gasteiger partial charge in [0.2, 0.25) is 11.8 Å². The van der Waals surface area contributed by atoms with Crippen molar-refractivity contribution in [1.82, 2.24) is 15.1 Å². The maximum Gasteiger partial charge on any atom is 0.406 e. The minimum atomic E-state index is -4.36. The molecule has 0 aliphatic carbocycles. The Bertz CT molecular complexity index is 482. The molecular weight excluding hydrogens is 323 g/mol. The average Bonchev–Trinajstić information content (AvgIpc) is 2.79. The number of amides is 2. The van der Waals surface area contributed by atoms with Gasteiger partial charge in [-0.05, 0) is 18.8 Å². The molecule has 8 heteroatoms. The number of nitrogens with one attached hydrogen (secondary N) is 1. The molecule has 2 aliphatic rings. The molecular formula is C16H26F3N3O2. The van der Waals surface area contributed by atoms with Crippen molar-refractivity contribution in [3.05, 3.63) is 0 Å². The highest BCUT2D eigenvalue weighted by Crippen LogP contribution is 2.24. The van der Waals surface area contributed by atoms with Gasteiger partial charge < -0.3 is 15.1 Å². The Balaban J connectivity index is 1.87. The summed E-state index contributed by atoms with van der Waals surface area (Å²) in [6.07, 6.45) is -3.25. The number of rotatable bonds is 4. The first-order chi connectivity index (χ1) is 11.1. The zero-order valence-electron chi connectivity index (χ0n) is 14.4. The third-order valence-corrected chi connectivity index (χ3v) is 4.79. The van der Waals surface area contributed by atoms with Gasteiger partial charge in [-0.1, -0.05) is 20.8 Å². The summed E-state index contributed by atoms with van der Waals surface area (Å²) < 4.78 is 37.4. The monoisotopic (exact) mass is 349 g/mol. The number of hydrogen-bond acceptors (Lipinski definition) is 3. The number of alkyl halides is 3. The van der Waals surface area contributed by atoms with Crippen LogP contribution >= 0.6 is 0 Å². The quantitative estimate of drug-likeness (QED) is 0.839. The van der Waals surface area contributed by atoms with Crippen LogP contribution in [0.25, 0.3) is 0 Å². The van der Waals surface area contributed by atoms with Gasteiger partial charge in [0.15, 0.2) is 0 Å². The first kappa shape index (κ1) is 19.0. The Labute approximate surface area is 140 Å². The second-order valence-electron chi connectivity index (χ2n) is 7.19. The summed E-state index contributed by atoms with van der Waals surface area (Å²) in [6.45, 7) is 5.92. The number of hydrogen-bond donors (Lipinski definition) is 1. The lowest BCUT2D eigenvalue weighted by atomic mass is 9.92. The average molecular weight is 349 g/mol. The summed E-state index contributed by atoms with van der Waals surface area (Å²) in [5.74, 6) is -0.242. The molecule has 24 heavy (non-hydrogen) atoms. The predicted octanol–water partition coefficient (Wildman–Crippen LogP) is 1.63. The molecule has 2 rings (SSSR count). The molecule has 1 N–H and O–H groups in total. The van der Waals surface area contributed by atoms with E-state index in [-0.39, 0.29) is 30.3 Å². The lowest BCUT2D eigenvalue weighted by Gasteiger charge is -2.39. The summed E-state index contributed by atoms with van der Waals surface area (Å²) in [6, 6.07) is -0.506. The van der Waals surface area contributed by atoms with E-state index in [9.17, 15) is 22.8 Å². The van der Waals surface area contributed by atoms with E-state index in [4.69, 9.17) is 0 Å². The predicted molar refractivity (Wildman–Crippen MR) is 83.2 cm³/mol. The molecule has 0 aromatic rings. The van der Waals surface area contributed by atoms with Crippen LogP contribution in [-0.4, -0.2) is 66.1 Å². The van der Waals surface area contributed by atoms with E-state index >= 15 is 0 Å². The Morgan fingerprint density at radius 1 is 1.29 bits per heavy atom. The van der Waals surface area contributed by atoms with E-state index in [2.05, 4.69) is 5.32 Å². The SMILES string of the molecule is CC(C)C(=O)N1CC[C@H](N[C@H]2CCN(CC(F)(F)F)C2=O)[C@@H](C)C1. The topological polar surface area (TPSA) is 52.7 Å². The van der Waals surface area contributed by atoms with Crippen LogP contribution in [-0.2, 0) is 9.59 Å². The highest BCUT2D eigenvalue weighted by atomic mass is 19.4. The van der Waals surface area contributed by atoms with Crippen LogP contribution in [0.3, 0.4) is 0 Å². The molecule has 5 nitrogen and oxygen atoms in total. The van der Waals surface area contributed by atoms with Gasteiger partial charge in [0.25, 0.3) is 0 Å². The van der Waals surface area contributed by atoms with Gasteiger partial charge in [0.1, 0.15) is 6.54 Å². The van der Waals surface area contributed by atoms with E-state index in [0.29, 0.717) is 25.9 Å². The van der Waals surface area contributed by atoms with Crippen molar-refractivity contribution in [2.24, 2.45) is 11.8 Å². The van der Waals surface area contributed by atoms with Gasteiger partial charge in [0, 0.05) is 31.6 Å². The van der Waals surface area contributed by atoms with E-state index in [1.54, 1.807) is 0 Å². The fraction of sp³-hybridized carbons (Fsp3) is 0.875. The van der Waals surface area contributed by atoms with Gasteiger partial charge >= 0.3 is 6.18 Å². The zero-order chi connectivity index (χ0) is 18.1. The second-order valence-corrected chi connectivity index (χ2v) is 7.19. The number of nitrogens with zero attached hydrogens (tertiary/aromatic N) is 2. The third kappa shape index (κ3) is 4.62. The minimum absolute atomic E-state index is 0.0426. The molecule has 0 aromatic carbocycles. The van der Waals surface area contributed by atoms with Crippen LogP contribution in [0.15, 0.2) is 0 Å². The summed E-state index contributed by atoms with van der Waals surface area (Å²) in [5.41, 5.74) is 0. The molecule has 0 aromatic heterocycles. The lowest BCUT2D eigenvalue weighted by Crippen LogP contribution is -2.54. The van der Waals surface area contributed by atoms with E-state index in [1.807, 2.05) is 25.7 Å². The molecule has 138 valence electrons. The first-order valence-corrected chi connectivity index (χ1v) is 8.49. The number of carbonyl (C=O) groups is 2. The Kier molecular flexibility index (Phi) is 5.78. The van der Waals surface area contributed by atoms with Crippen LogP contribution < -0.4 is 5.32 Å². The molecule has 2 amide bonds. The maximum atomic E-state index is 12.5. The van der Waals surface area contributed by atoms with E-state index in [0.717, 1.165) is 4.90 Å². The summed E-state index contributed by atoms with van der Waals surface area (Å²) >= 11 is 0. The Morgan fingerprint density at radius 2 is 1.96 bits per heavy atom. The van der Waals surface area contributed by atoms with Crippen molar-refractivity contribution in [2.45, 2.75) is 51.9 Å². The minimum Gasteiger partial charge on any atom is -0.342 e. The zero-order valence-corrected chi connectivity index (χ0v) is 14.4. The van der Waals surface area contributed by atoms with Crippen molar-refractivity contribution in [1.29, 1.82) is 0 Å². The number of piperidine rings is 1. The van der Waals surface area contributed by atoms with Gasteiger partial charge in [0.05, 0.1) is 6.04 Å². The summed E-state index contributed by atoms with van der Waals surface area (Å²) in [7, 11) is 0. The smallest absolute Gasteiger partial charge is 0.342 e. The molecule has 2 saturated heterocycles. The normalized spacial score (nSPS) is 28.8. The van der Waals surface area contributed by atoms with Gasteiger partial charge in [-0.3, -0.25) is 9.59 Å². The first-order valence-electron chi connectivity index (χ1n) is 8.49. The van der Waals surface area contributed by atoms with E-state index < -0.39 is 24.7 Å². The van der Waals surface area contributed by atoms with Crippen LogP contribution in [0.2, 0.25) is 0 Å². The van der Waals surface area contributed by atoms with Crippen LogP contribution in [0.4, 0.5) is 13.2 Å². The summed E-state index contributed by atoms with van der Waals surface area (Å²) in [4.78, 5) is 26.9. The molecule has 2 aliphatic heterocycles. The lowest BCUT2D eigenvalue weighted by molar-refractivity contribution is -0.158. The fourth-order valence-electron chi connectivity index (χ4n) is 3.48. The highest BCUT2D eigenvalue weighted by molar-refractivity contribution is 5.84. The van der Waals surface area contributed by atoms with Crippen LogP contribution in [0.5, 0.6) is 0 Å². The number of likely N-dealkylation sites (tertiary alicyclic amines) is 2. The largest absolute Gasteiger partial charge is 0.406 e. The van der Waals surface area contributed by atoms with Gasteiger partial charge in [-0.15, -0.1) is 0 Å². The van der Waals surface area contributed by atoms with Crippen LogP contribution in [0, 0.1) is 11.8 Å². The molecule has 0 saturated carbocycles. The molecule has 2 heterocycles. The van der Waals surface area contributed by atoms with Gasteiger partial charge in [-0.2, -0.15) is 13.2 Å². The third-order valence-electron chi connectivity index (χ3n) is 4.79. The number of carbonyl (C=O) groups excluding carboxylic acids is 2. The van der Waals surface area contributed by atoms with Crippen molar-refractivity contribution >= 4 is 11.8 Å². The van der Waals surface area contributed by atoms with Crippen LogP contribution in [0.1, 0.15) is 33.6 Å². The van der Waals surface area contributed by atoms with Gasteiger partial charge in [-0.25, -0.2) is 0 Å². The van der Waals surface area contributed by atoms with Crippen molar-refractivity contribution < 1.29 is 22.8 Å². The molecule has 0 unspecified atom stereocenters. The Hall–Kier alpha value is -1.31. The fourth-order valence-corrected chi connectivity index (χ4v) is 3.48. The standard InChI is InChI=1S/C16H26F3N3O2/c1-10(2)14(23)21-6-4-12(11(3)8-21)20-13-5-7-22(15(13)24)9-16(17,18)19/h10-13,20H,4-9H2,1-3H3/t11-,12-,13-/m0/s1. The molecule has 3 atom stereocenters. The van der Waals surface area contributed by atoms with Crippen molar-refractivity contribution in [3.8, 4) is 0 Å². The summed E-state index contributed by atoms with van der Waals surface area (Å²) in [5, 5.41) is 3.23. The molecule has 0 spiro atoms. The maximum absolute atomic E-state index is 12.5. The van der Waals surface area contributed by atoms with Crippen molar-refractivity contribution in [2.75, 3.05) is 26.2 Å².